The van der Waals surface area contributed by atoms with Crippen molar-refractivity contribution in [2.24, 2.45) is 0 Å². The third-order valence-corrected chi connectivity index (χ3v) is 8.74. The quantitative estimate of drug-likeness (QED) is 0.226. The molecule has 7 nitrogen and oxygen atoms in total. The molecule has 1 atom stereocenters. The molecular formula is C34H34N4O3S. The van der Waals surface area contributed by atoms with Gasteiger partial charge in [-0.2, -0.15) is 0 Å². The van der Waals surface area contributed by atoms with Crippen LogP contribution in [0, 0.1) is 0 Å². The summed E-state index contributed by atoms with van der Waals surface area (Å²) in [7, 11) is 0. The van der Waals surface area contributed by atoms with Crippen molar-refractivity contribution in [2.45, 2.75) is 38.3 Å². The molecule has 0 aliphatic carbocycles. The van der Waals surface area contributed by atoms with Gasteiger partial charge in [0.15, 0.2) is 0 Å². The van der Waals surface area contributed by atoms with Gasteiger partial charge in [-0.1, -0.05) is 18.2 Å². The van der Waals surface area contributed by atoms with E-state index in [1.165, 1.54) is 11.3 Å². The molecule has 0 saturated carbocycles. The Hall–Kier alpha value is -4.40. The van der Waals surface area contributed by atoms with Gasteiger partial charge in [-0.3, -0.25) is 9.59 Å². The van der Waals surface area contributed by atoms with Crippen LogP contribution < -0.4 is 20.4 Å². The molecule has 2 aliphatic heterocycles. The summed E-state index contributed by atoms with van der Waals surface area (Å²) in [6.45, 7) is 3.83. The first kappa shape index (κ1) is 27.8. The van der Waals surface area contributed by atoms with Crippen LogP contribution in [0.5, 0.6) is 0 Å². The normalized spacial score (nSPS) is 17.0. The molecule has 1 fully saturated rings. The first-order valence-electron chi connectivity index (χ1n) is 14.3. The highest BCUT2D eigenvalue weighted by Crippen LogP contribution is 2.37. The summed E-state index contributed by atoms with van der Waals surface area (Å²) in [5.41, 5.74) is 6.26. The Bertz CT molecular complexity index is 1570. The molecule has 3 heterocycles. The minimum atomic E-state index is -0.214. The summed E-state index contributed by atoms with van der Waals surface area (Å²) in [6, 6.07) is 25.5. The number of amides is 2. The van der Waals surface area contributed by atoms with E-state index in [4.69, 9.17) is 0 Å². The zero-order chi connectivity index (χ0) is 29.1. The monoisotopic (exact) mass is 578 g/mol. The second-order valence-electron chi connectivity index (χ2n) is 10.8. The van der Waals surface area contributed by atoms with Gasteiger partial charge in [-0.15, -0.1) is 11.3 Å². The van der Waals surface area contributed by atoms with E-state index in [1.54, 1.807) is 0 Å². The van der Waals surface area contributed by atoms with Crippen LogP contribution in [0.2, 0.25) is 0 Å². The average Bonchev–Trinajstić information content (AvgIpc) is 3.50. The fraction of sp³-hybridized carbons (Fsp3) is 0.235. The van der Waals surface area contributed by atoms with Gasteiger partial charge in [-0.25, -0.2) is 0 Å². The van der Waals surface area contributed by atoms with Crippen molar-refractivity contribution in [3.8, 4) is 0 Å². The Morgan fingerprint density at radius 2 is 1.55 bits per heavy atom. The molecule has 3 aromatic carbocycles. The van der Waals surface area contributed by atoms with Crippen LogP contribution in [0.25, 0.3) is 6.08 Å². The molecule has 1 aromatic heterocycles. The van der Waals surface area contributed by atoms with E-state index in [0.29, 0.717) is 10.4 Å². The van der Waals surface area contributed by atoms with Gasteiger partial charge < -0.3 is 25.5 Å². The molecular weight excluding hydrogens is 544 g/mol. The molecule has 2 aliphatic rings. The Labute approximate surface area is 250 Å². The number of hydrogen-bond acceptors (Lipinski definition) is 6. The lowest BCUT2D eigenvalue weighted by Crippen LogP contribution is -2.35. The fourth-order valence-corrected chi connectivity index (χ4v) is 6.19. The van der Waals surface area contributed by atoms with Crippen LogP contribution in [-0.4, -0.2) is 42.2 Å². The second kappa shape index (κ2) is 12.2. The summed E-state index contributed by atoms with van der Waals surface area (Å²) in [6.07, 6.45) is 6.48. The minimum Gasteiger partial charge on any atom is -0.393 e. The first-order chi connectivity index (χ1) is 20.4. The van der Waals surface area contributed by atoms with Crippen molar-refractivity contribution in [1.29, 1.82) is 0 Å². The second-order valence-corrected chi connectivity index (χ2v) is 11.8. The molecule has 1 saturated heterocycles. The molecule has 3 N–H and O–H groups in total. The topological polar surface area (TPSA) is 84.9 Å². The summed E-state index contributed by atoms with van der Waals surface area (Å²) in [5.74, 6) is -0.262. The number of anilines is 5. The lowest BCUT2D eigenvalue weighted by Gasteiger charge is -2.31. The number of hydrogen-bond donors (Lipinski definition) is 3. The molecule has 8 heteroatoms. The number of aliphatic hydroxyl groups excluding tert-OH is 1. The maximum absolute atomic E-state index is 13.1. The van der Waals surface area contributed by atoms with Crippen molar-refractivity contribution in [2.75, 3.05) is 33.5 Å². The summed E-state index contributed by atoms with van der Waals surface area (Å²) < 4.78 is 0. The van der Waals surface area contributed by atoms with Crippen LogP contribution >= 0.6 is 11.3 Å². The Morgan fingerprint density at radius 3 is 2.26 bits per heavy atom. The number of benzene rings is 3. The predicted octanol–water partition coefficient (Wildman–Crippen LogP) is 7.16. The summed E-state index contributed by atoms with van der Waals surface area (Å²) in [4.78, 5) is 30.8. The van der Waals surface area contributed by atoms with Crippen LogP contribution in [0.4, 0.5) is 28.4 Å². The maximum Gasteiger partial charge on any atom is 0.265 e. The van der Waals surface area contributed by atoms with Gasteiger partial charge in [-0.05, 0) is 110 Å². The largest absolute Gasteiger partial charge is 0.393 e. The van der Waals surface area contributed by atoms with Crippen LogP contribution in [0.3, 0.4) is 0 Å². The van der Waals surface area contributed by atoms with Crippen molar-refractivity contribution >= 4 is 57.7 Å². The van der Waals surface area contributed by atoms with Gasteiger partial charge in [0.05, 0.1) is 11.0 Å². The molecule has 214 valence electrons. The summed E-state index contributed by atoms with van der Waals surface area (Å²) >= 11 is 1.42. The lowest BCUT2D eigenvalue weighted by molar-refractivity contribution is 0.102. The van der Waals surface area contributed by atoms with Gasteiger partial charge in [0.2, 0.25) is 0 Å². The van der Waals surface area contributed by atoms with Crippen molar-refractivity contribution in [3.63, 3.8) is 0 Å². The third kappa shape index (κ3) is 6.10. The smallest absolute Gasteiger partial charge is 0.265 e. The molecule has 4 aromatic rings. The number of nitrogens with one attached hydrogen (secondary N) is 2. The SMILES string of the molecule is CC1CC=Cc2cc(NC(=O)c3ccc(N4CCC(O)CC4)cc3)ccc2N1c1ccc(NC(=O)c2cccs2)cc1. The van der Waals surface area contributed by atoms with E-state index in [0.717, 1.165) is 66.4 Å². The number of nitrogens with zero attached hydrogens (tertiary/aromatic N) is 2. The molecule has 0 spiro atoms. The van der Waals surface area contributed by atoms with Crippen LogP contribution in [0.1, 0.15) is 51.8 Å². The van der Waals surface area contributed by atoms with Crippen LogP contribution in [0.15, 0.2) is 90.3 Å². The summed E-state index contributed by atoms with van der Waals surface area (Å²) in [5, 5.41) is 17.7. The van der Waals surface area contributed by atoms with Gasteiger partial charge >= 0.3 is 0 Å². The molecule has 1 unspecified atom stereocenters. The van der Waals surface area contributed by atoms with Crippen molar-refractivity contribution in [1.82, 2.24) is 0 Å². The lowest BCUT2D eigenvalue weighted by atomic mass is 10.1. The molecule has 0 bridgehead atoms. The Morgan fingerprint density at radius 1 is 0.857 bits per heavy atom. The fourth-order valence-electron chi connectivity index (χ4n) is 5.57. The third-order valence-electron chi connectivity index (χ3n) is 7.87. The number of aliphatic hydroxyl groups is 1. The maximum atomic E-state index is 13.1. The number of carbonyl (C=O) groups is 2. The van der Waals surface area contributed by atoms with E-state index in [1.807, 2.05) is 78.2 Å². The number of fused-ring (bicyclic) bond motifs is 1. The van der Waals surface area contributed by atoms with E-state index in [2.05, 4.69) is 45.6 Å². The van der Waals surface area contributed by atoms with Crippen LogP contribution in [-0.2, 0) is 0 Å². The van der Waals surface area contributed by atoms with E-state index < -0.39 is 0 Å². The number of thiophene rings is 1. The Balaban J connectivity index is 1.16. The Kier molecular flexibility index (Phi) is 8.08. The van der Waals surface area contributed by atoms with Gasteiger partial charge in [0.25, 0.3) is 11.8 Å². The molecule has 0 radical (unpaired) electrons. The van der Waals surface area contributed by atoms with E-state index >= 15 is 0 Å². The van der Waals surface area contributed by atoms with E-state index in [-0.39, 0.29) is 24.0 Å². The standard InChI is InChI=1S/C34H34N4O3S/c1-23-4-2-5-25-22-27(36-33(40)24-7-12-28(13-8-24)37-19-17-30(39)18-20-37)11-16-31(25)38(23)29-14-9-26(10-15-29)35-34(41)32-6-3-21-42-32/h2-3,5-16,21-23,30,39H,4,17-20H2,1H3,(H,35,41)(H,36,40). The highest BCUT2D eigenvalue weighted by Gasteiger charge is 2.22. The van der Waals surface area contributed by atoms with Gasteiger partial charge in [0, 0.05) is 53.1 Å². The van der Waals surface area contributed by atoms with Gasteiger partial charge in [0.1, 0.15) is 0 Å². The molecule has 6 rings (SSSR count). The zero-order valence-corrected chi connectivity index (χ0v) is 24.3. The highest BCUT2D eigenvalue weighted by atomic mass is 32.1. The number of piperidine rings is 1. The average molecular weight is 579 g/mol. The zero-order valence-electron chi connectivity index (χ0n) is 23.5. The molecule has 2 amide bonds. The van der Waals surface area contributed by atoms with Crippen molar-refractivity contribution < 1.29 is 14.7 Å². The number of carbonyl (C=O) groups excluding carboxylic acids is 2. The molecule has 42 heavy (non-hydrogen) atoms. The first-order valence-corrected chi connectivity index (χ1v) is 15.2. The van der Waals surface area contributed by atoms with Crippen molar-refractivity contribution in [3.05, 3.63) is 106 Å². The highest BCUT2D eigenvalue weighted by molar-refractivity contribution is 7.12. The minimum absolute atomic E-state index is 0.108. The van der Waals surface area contributed by atoms with E-state index in [9.17, 15) is 14.7 Å². The number of rotatable bonds is 6. The predicted molar refractivity (Wildman–Crippen MR) is 172 cm³/mol.